The van der Waals surface area contributed by atoms with Gasteiger partial charge in [-0.05, 0) is 49.6 Å². The van der Waals surface area contributed by atoms with Crippen LogP contribution in [-0.2, 0) is 0 Å². The molecule has 0 amide bonds. The standard InChI is InChI=1S/C20H20N4O/c1-14-21-20(22-17-10-12-18(25-2)13-11-17)24(23-14)19(16-8-9-16)15-6-4-3-5-7-15/h3-7,10-13H,8-9H2,1-2H3,(H,21,22,23). The molecule has 1 N–H and O–H groups in total. The van der Waals surface area contributed by atoms with Crippen molar-refractivity contribution >= 4 is 17.3 Å². The molecule has 3 aromatic rings. The summed E-state index contributed by atoms with van der Waals surface area (Å²) >= 11 is 0. The maximum atomic E-state index is 5.21. The number of nitrogens with one attached hydrogen (secondary N) is 1. The van der Waals surface area contributed by atoms with Crippen molar-refractivity contribution in [3.63, 3.8) is 0 Å². The molecule has 0 atom stereocenters. The number of nitrogens with zero attached hydrogens (tertiary/aromatic N) is 3. The van der Waals surface area contributed by atoms with Crippen LogP contribution in [-0.4, -0.2) is 21.9 Å². The molecule has 126 valence electrons. The van der Waals surface area contributed by atoms with Gasteiger partial charge in [-0.2, -0.15) is 9.67 Å². The van der Waals surface area contributed by atoms with Gasteiger partial charge in [0.15, 0.2) is 0 Å². The first kappa shape index (κ1) is 15.4. The first-order valence-corrected chi connectivity index (χ1v) is 8.37. The van der Waals surface area contributed by atoms with E-state index in [0.717, 1.165) is 47.3 Å². The van der Waals surface area contributed by atoms with Gasteiger partial charge in [0, 0.05) is 11.3 Å². The third-order valence-electron chi connectivity index (χ3n) is 4.15. The molecule has 1 aromatic heterocycles. The number of rotatable bonds is 5. The van der Waals surface area contributed by atoms with Crippen LogP contribution in [0.4, 0.5) is 11.6 Å². The Balaban J connectivity index is 1.72. The summed E-state index contributed by atoms with van der Waals surface area (Å²) in [6.45, 7) is 1.91. The number of ether oxygens (including phenoxy) is 1. The van der Waals surface area contributed by atoms with E-state index in [9.17, 15) is 0 Å². The van der Waals surface area contributed by atoms with E-state index in [4.69, 9.17) is 4.74 Å². The van der Waals surface area contributed by atoms with E-state index in [1.165, 1.54) is 5.57 Å². The van der Waals surface area contributed by atoms with Gasteiger partial charge < -0.3 is 10.1 Å². The molecular weight excluding hydrogens is 312 g/mol. The Labute approximate surface area is 147 Å². The summed E-state index contributed by atoms with van der Waals surface area (Å²) in [6.07, 6.45) is 2.23. The molecule has 4 rings (SSSR count). The molecule has 0 aliphatic heterocycles. The van der Waals surface area contributed by atoms with Crippen LogP contribution < -0.4 is 10.1 Å². The summed E-state index contributed by atoms with van der Waals surface area (Å²) in [7, 11) is 1.66. The van der Waals surface area contributed by atoms with E-state index in [2.05, 4.69) is 39.7 Å². The van der Waals surface area contributed by atoms with E-state index in [1.807, 2.05) is 41.9 Å². The molecule has 0 unspecified atom stereocenters. The Morgan fingerprint density at radius 1 is 1.04 bits per heavy atom. The Morgan fingerprint density at radius 2 is 1.76 bits per heavy atom. The lowest BCUT2D eigenvalue weighted by molar-refractivity contribution is 0.415. The number of benzene rings is 2. The molecule has 0 radical (unpaired) electrons. The van der Waals surface area contributed by atoms with E-state index < -0.39 is 0 Å². The van der Waals surface area contributed by atoms with Crippen LogP contribution in [0.5, 0.6) is 5.75 Å². The molecule has 1 heterocycles. The third kappa shape index (κ3) is 3.26. The van der Waals surface area contributed by atoms with Gasteiger partial charge in [-0.25, -0.2) is 0 Å². The second kappa shape index (κ2) is 6.43. The first-order valence-electron chi connectivity index (χ1n) is 8.37. The van der Waals surface area contributed by atoms with Crippen molar-refractivity contribution in [3.8, 4) is 5.75 Å². The van der Waals surface area contributed by atoms with Crippen molar-refractivity contribution in [2.24, 2.45) is 0 Å². The largest absolute Gasteiger partial charge is 0.497 e. The summed E-state index contributed by atoms with van der Waals surface area (Å²) in [4.78, 5) is 4.58. The van der Waals surface area contributed by atoms with Crippen LogP contribution >= 0.6 is 0 Å². The van der Waals surface area contributed by atoms with Crippen LogP contribution in [0.3, 0.4) is 0 Å². The van der Waals surface area contributed by atoms with Gasteiger partial charge in [0.1, 0.15) is 11.6 Å². The van der Waals surface area contributed by atoms with Gasteiger partial charge in [0.05, 0.1) is 12.8 Å². The van der Waals surface area contributed by atoms with Crippen molar-refractivity contribution in [2.45, 2.75) is 19.8 Å². The lowest BCUT2D eigenvalue weighted by Gasteiger charge is -2.12. The average Bonchev–Trinajstić information content (AvgIpc) is 3.41. The Hall–Kier alpha value is -3.08. The summed E-state index contributed by atoms with van der Waals surface area (Å²) in [5.41, 5.74) is 4.66. The minimum absolute atomic E-state index is 0.723. The fourth-order valence-electron chi connectivity index (χ4n) is 2.83. The summed E-state index contributed by atoms with van der Waals surface area (Å²) < 4.78 is 7.14. The van der Waals surface area contributed by atoms with E-state index in [0.29, 0.717) is 0 Å². The number of anilines is 2. The normalized spacial score (nSPS) is 12.8. The van der Waals surface area contributed by atoms with E-state index in [1.54, 1.807) is 7.11 Å². The lowest BCUT2D eigenvalue weighted by atomic mass is 10.1. The zero-order valence-corrected chi connectivity index (χ0v) is 14.4. The zero-order chi connectivity index (χ0) is 17.2. The van der Waals surface area contributed by atoms with Crippen molar-refractivity contribution in [3.05, 3.63) is 71.6 Å². The van der Waals surface area contributed by atoms with Gasteiger partial charge in [-0.1, -0.05) is 30.3 Å². The maximum absolute atomic E-state index is 5.21. The summed E-state index contributed by atoms with van der Waals surface area (Å²) in [5.74, 6) is 2.29. The Kier molecular flexibility index (Phi) is 3.98. The number of allylic oxidation sites excluding steroid dienone is 1. The van der Waals surface area contributed by atoms with Gasteiger partial charge in [0.2, 0.25) is 5.95 Å². The molecule has 1 saturated carbocycles. The topological polar surface area (TPSA) is 52.0 Å². The highest BCUT2D eigenvalue weighted by Gasteiger charge is 2.23. The molecule has 5 nitrogen and oxygen atoms in total. The van der Waals surface area contributed by atoms with E-state index >= 15 is 0 Å². The second-order valence-electron chi connectivity index (χ2n) is 6.07. The maximum Gasteiger partial charge on any atom is 0.230 e. The molecule has 0 bridgehead atoms. The quantitative estimate of drug-likeness (QED) is 0.753. The highest BCUT2D eigenvalue weighted by molar-refractivity contribution is 5.74. The van der Waals surface area contributed by atoms with Crippen molar-refractivity contribution < 1.29 is 4.74 Å². The number of hydrogen-bond acceptors (Lipinski definition) is 4. The van der Waals surface area contributed by atoms with Crippen LogP contribution in [0.2, 0.25) is 0 Å². The van der Waals surface area contributed by atoms with Crippen LogP contribution in [0.1, 0.15) is 24.2 Å². The lowest BCUT2D eigenvalue weighted by Crippen LogP contribution is -2.06. The van der Waals surface area contributed by atoms with Gasteiger partial charge in [0.25, 0.3) is 0 Å². The fourth-order valence-corrected chi connectivity index (χ4v) is 2.83. The highest BCUT2D eigenvalue weighted by atomic mass is 16.5. The van der Waals surface area contributed by atoms with Crippen molar-refractivity contribution in [1.82, 2.24) is 14.8 Å². The van der Waals surface area contributed by atoms with Crippen LogP contribution in [0, 0.1) is 6.92 Å². The average molecular weight is 332 g/mol. The highest BCUT2D eigenvalue weighted by Crippen LogP contribution is 2.38. The predicted octanol–water partition coefficient (Wildman–Crippen LogP) is 4.39. The molecule has 2 aromatic carbocycles. The number of methoxy groups -OCH3 is 1. The van der Waals surface area contributed by atoms with Crippen LogP contribution in [0.25, 0.3) is 5.70 Å². The second-order valence-corrected chi connectivity index (χ2v) is 6.07. The first-order chi connectivity index (χ1) is 12.2. The molecule has 5 heteroatoms. The van der Waals surface area contributed by atoms with Gasteiger partial charge in [-0.3, -0.25) is 0 Å². The molecule has 1 aliphatic carbocycles. The molecule has 0 saturated heterocycles. The molecule has 0 spiro atoms. The zero-order valence-electron chi connectivity index (χ0n) is 14.4. The SMILES string of the molecule is COc1ccc(Nc2nc(C)nn2C(=C2CC2)c2ccccc2)cc1. The number of aromatic nitrogens is 3. The monoisotopic (exact) mass is 332 g/mol. The smallest absolute Gasteiger partial charge is 0.230 e. The molecule has 25 heavy (non-hydrogen) atoms. The third-order valence-corrected chi connectivity index (χ3v) is 4.15. The van der Waals surface area contributed by atoms with Crippen molar-refractivity contribution in [1.29, 1.82) is 0 Å². The molecule has 1 fully saturated rings. The van der Waals surface area contributed by atoms with Crippen LogP contribution in [0.15, 0.2) is 60.2 Å². The summed E-state index contributed by atoms with van der Waals surface area (Å²) in [5, 5.41) is 8.02. The summed E-state index contributed by atoms with van der Waals surface area (Å²) in [6, 6.07) is 18.2. The number of aryl methyl sites for hydroxylation is 1. The van der Waals surface area contributed by atoms with E-state index in [-0.39, 0.29) is 0 Å². The fraction of sp³-hybridized carbons (Fsp3) is 0.200. The molecular formula is C20H20N4O. The van der Waals surface area contributed by atoms with Crippen molar-refractivity contribution in [2.75, 3.05) is 12.4 Å². The van der Waals surface area contributed by atoms with Gasteiger partial charge >= 0.3 is 0 Å². The number of hydrogen-bond donors (Lipinski definition) is 1. The predicted molar refractivity (Wildman–Crippen MR) is 99.0 cm³/mol. The van der Waals surface area contributed by atoms with Gasteiger partial charge in [-0.15, -0.1) is 5.10 Å². The molecule has 1 aliphatic rings. The minimum atomic E-state index is 0.723. The minimum Gasteiger partial charge on any atom is -0.497 e. The Morgan fingerprint density at radius 3 is 2.40 bits per heavy atom. The Bertz CT molecular complexity index is 905.